The van der Waals surface area contributed by atoms with E-state index < -0.39 is 0 Å². The summed E-state index contributed by atoms with van der Waals surface area (Å²) in [6.07, 6.45) is 0. The van der Waals surface area contributed by atoms with Crippen LogP contribution in [-0.2, 0) is 23.8 Å². The van der Waals surface area contributed by atoms with Gasteiger partial charge in [0.1, 0.15) is 0 Å². The highest BCUT2D eigenvalue weighted by molar-refractivity contribution is 14.1. The first-order valence-electron chi connectivity index (χ1n) is 6.63. The van der Waals surface area contributed by atoms with E-state index in [9.17, 15) is 9.59 Å². The van der Waals surface area contributed by atoms with Gasteiger partial charge in [0.05, 0.1) is 35.3 Å². The molecule has 0 aromatic carbocycles. The van der Waals surface area contributed by atoms with Gasteiger partial charge in [0.2, 0.25) is 0 Å². The van der Waals surface area contributed by atoms with Crippen LogP contribution in [0, 0.1) is 10.8 Å². The summed E-state index contributed by atoms with van der Waals surface area (Å²) >= 11 is 3.95. The Bertz CT molecular complexity index is 310. The molecule has 0 aromatic heterocycles. The standard InChI is InChI=1S/C14H24I2O5/c1-13(2,9-20-11(17)5-15)7-19-8-14(3,4)10-21-12(18)6-16/h5-10H2,1-4H3. The maximum absolute atomic E-state index is 11.1. The van der Waals surface area contributed by atoms with Gasteiger partial charge >= 0.3 is 11.9 Å². The molecule has 0 saturated carbocycles. The zero-order valence-electron chi connectivity index (χ0n) is 13.0. The average molecular weight is 526 g/mol. The number of carbonyl (C=O) groups is 2. The van der Waals surface area contributed by atoms with Crippen molar-refractivity contribution >= 4 is 57.1 Å². The second-order valence-corrected chi connectivity index (χ2v) is 7.94. The van der Waals surface area contributed by atoms with Gasteiger partial charge in [-0.25, -0.2) is 0 Å². The van der Waals surface area contributed by atoms with E-state index in [1.165, 1.54) is 0 Å². The fourth-order valence-electron chi connectivity index (χ4n) is 1.32. The first-order valence-corrected chi connectivity index (χ1v) is 9.68. The molecule has 7 heteroatoms. The van der Waals surface area contributed by atoms with Crippen molar-refractivity contribution in [1.29, 1.82) is 0 Å². The summed E-state index contributed by atoms with van der Waals surface area (Å²) in [5.41, 5.74) is -0.479. The van der Waals surface area contributed by atoms with Crippen LogP contribution >= 0.6 is 45.2 Å². The zero-order chi connectivity index (χ0) is 16.5. The number of halogens is 2. The van der Waals surface area contributed by atoms with Crippen LogP contribution in [0.3, 0.4) is 0 Å². The Balaban J connectivity index is 4.03. The minimum atomic E-state index is -0.240. The molecule has 0 fully saturated rings. The van der Waals surface area contributed by atoms with Crippen LogP contribution in [-0.4, -0.2) is 47.2 Å². The molecule has 0 atom stereocenters. The molecule has 5 nitrogen and oxygen atoms in total. The molecule has 0 rings (SSSR count). The lowest BCUT2D eigenvalue weighted by atomic mass is 9.94. The van der Waals surface area contributed by atoms with Crippen LogP contribution in [0.4, 0.5) is 0 Å². The molecule has 0 radical (unpaired) electrons. The van der Waals surface area contributed by atoms with E-state index >= 15 is 0 Å². The molecule has 0 aliphatic carbocycles. The van der Waals surface area contributed by atoms with Crippen LogP contribution in [0.25, 0.3) is 0 Å². The van der Waals surface area contributed by atoms with Gasteiger partial charge in [-0.15, -0.1) is 0 Å². The van der Waals surface area contributed by atoms with Crippen molar-refractivity contribution in [3.05, 3.63) is 0 Å². The Kier molecular flexibility index (Phi) is 10.4. The Labute approximate surface area is 154 Å². The molecular formula is C14H24I2O5. The maximum atomic E-state index is 11.1. The highest BCUT2D eigenvalue weighted by Gasteiger charge is 2.25. The number of alkyl halides is 2. The number of esters is 2. The molecule has 0 heterocycles. The Morgan fingerprint density at radius 1 is 0.762 bits per heavy atom. The van der Waals surface area contributed by atoms with Gasteiger partial charge in [-0.2, -0.15) is 0 Å². The molecule has 0 aromatic rings. The molecule has 0 spiro atoms. The number of hydrogen-bond donors (Lipinski definition) is 0. The van der Waals surface area contributed by atoms with Crippen molar-refractivity contribution in [3.63, 3.8) is 0 Å². The fourth-order valence-corrected chi connectivity index (χ4v) is 1.76. The van der Waals surface area contributed by atoms with Gasteiger partial charge in [0, 0.05) is 10.8 Å². The lowest BCUT2D eigenvalue weighted by Crippen LogP contribution is -2.32. The van der Waals surface area contributed by atoms with Crippen LogP contribution < -0.4 is 0 Å². The van der Waals surface area contributed by atoms with Crippen LogP contribution in [0.1, 0.15) is 27.7 Å². The molecule has 0 aliphatic heterocycles. The van der Waals surface area contributed by atoms with E-state index in [0.29, 0.717) is 35.3 Å². The molecule has 0 N–H and O–H groups in total. The van der Waals surface area contributed by atoms with Gasteiger partial charge in [-0.3, -0.25) is 9.59 Å². The molecule has 0 bridgehead atoms. The summed E-state index contributed by atoms with van der Waals surface area (Å²) in [5, 5.41) is 0. The number of ether oxygens (including phenoxy) is 3. The van der Waals surface area contributed by atoms with Gasteiger partial charge in [0.25, 0.3) is 0 Å². The van der Waals surface area contributed by atoms with Crippen molar-refractivity contribution < 1.29 is 23.8 Å². The van der Waals surface area contributed by atoms with Gasteiger partial charge in [-0.1, -0.05) is 72.9 Å². The minimum Gasteiger partial charge on any atom is -0.464 e. The Hall–Kier alpha value is 0.360. The molecular weight excluding hydrogens is 502 g/mol. The lowest BCUT2D eigenvalue weighted by molar-refractivity contribution is -0.146. The van der Waals surface area contributed by atoms with Crippen LogP contribution in [0.2, 0.25) is 0 Å². The summed E-state index contributed by atoms with van der Waals surface area (Å²) in [6.45, 7) is 9.55. The summed E-state index contributed by atoms with van der Waals surface area (Å²) < 4.78 is 16.7. The third kappa shape index (κ3) is 11.6. The van der Waals surface area contributed by atoms with Crippen LogP contribution in [0.5, 0.6) is 0 Å². The monoisotopic (exact) mass is 526 g/mol. The second kappa shape index (κ2) is 10.2. The quantitative estimate of drug-likeness (QED) is 0.249. The number of hydrogen-bond acceptors (Lipinski definition) is 5. The predicted octanol–water partition coefficient (Wildman–Crippen LogP) is 3.01. The maximum Gasteiger partial charge on any atom is 0.315 e. The highest BCUT2D eigenvalue weighted by atomic mass is 127. The summed E-state index contributed by atoms with van der Waals surface area (Å²) in [5.74, 6) is -0.426. The fraction of sp³-hybridized carbons (Fsp3) is 0.857. The van der Waals surface area contributed by atoms with E-state index in [-0.39, 0.29) is 22.8 Å². The molecule has 21 heavy (non-hydrogen) atoms. The van der Waals surface area contributed by atoms with Crippen molar-refractivity contribution in [1.82, 2.24) is 0 Å². The summed E-state index contributed by atoms with van der Waals surface area (Å²) in [7, 11) is 0. The van der Waals surface area contributed by atoms with Crippen molar-refractivity contribution in [2.45, 2.75) is 27.7 Å². The molecule has 124 valence electrons. The SMILES string of the molecule is CC(C)(COCC(C)(C)COC(=O)CI)COC(=O)CI. The van der Waals surface area contributed by atoms with Gasteiger partial charge in [-0.05, 0) is 0 Å². The van der Waals surface area contributed by atoms with Crippen molar-refractivity contribution in [3.8, 4) is 0 Å². The predicted molar refractivity (Wildman–Crippen MR) is 98.1 cm³/mol. The summed E-state index contributed by atoms with van der Waals surface area (Å²) in [6, 6.07) is 0. The topological polar surface area (TPSA) is 61.8 Å². The second-order valence-electron chi connectivity index (χ2n) is 6.41. The van der Waals surface area contributed by atoms with Gasteiger partial charge in [0.15, 0.2) is 0 Å². The van der Waals surface area contributed by atoms with E-state index in [1.807, 2.05) is 72.9 Å². The largest absolute Gasteiger partial charge is 0.464 e. The van der Waals surface area contributed by atoms with E-state index in [2.05, 4.69) is 0 Å². The first kappa shape index (κ1) is 21.4. The highest BCUT2D eigenvalue weighted by Crippen LogP contribution is 2.21. The van der Waals surface area contributed by atoms with Crippen molar-refractivity contribution in [2.24, 2.45) is 10.8 Å². The van der Waals surface area contributed by atoms with E-state index in [1.54, 1.807) is 0 Å². The normalized spacial score (nSPS) is 12.1. The zero-order valence-corrected chi connectivity index (χ0v) is 17.4. The molecule has 0 saturated heterocycles. The lowest BCUT2D eigenvalue weighted by Gasteiger charge is -2.28. The Morgan fingerprint density at radius 3 is 1.38 bits per heavy atom. The minimum absolute atomic E-state index is 0.213. The number of rotatable bonds is 10. The molecule has 0 aliphatic rings. The van der Waals surface area contributed by atoms with E-state index in [4.69, 9.17) is 14.2 Å². The average Bonchev–Trinajstić information content (AvgIpc) is 2.41. The van der Waals surface area contributed by atoms with E-state index in [0.717, 1.165) is 0 Å². The molecule has 0 amide bonds. The first-order chi connectivity index (χ1) is 9.62. The van der Waals surface area contributed by atoms with Crippen molar-refractivity contribution in [2.75, 3.05) is 35.3 Å². The molecule has 0 unspecified atom stereocenters. The smallest absolute Gasteiger partial charge is 0.315 e. The third-order valence-electron chi connectivity index (χ3n) is 2.45. The van der Waals surface area contributed by atoms with Crippen LogP contribution in [0.15, 0.2) is 0 Å². The third-order valence-corrected chi connectivity index (χ3v) is 3.70. The number of carbonyl (C=O) groups excluding carboxylic acids is 2. The Morgan fingerprint density at radius 2 is 1.10 bits per heavy atom. The van der Waals surface area contributed by atoms with Gasteiger partial charge < -0.3 is 14.2 Å². The summed E-state index contributed by atoms with van der Waals surface area (Å²) in [4.78, 5) is 22.3.